The van der Waals surface area contributed by atoms with Crippen molar-refractivity contribution in [2.24, 2.45) is 0 Å². The first-order valence-electron chi connectivity index (χ1n) is 5.30. The minimum absolute atomic E-state index is 0.612. The average molecular weight is 230 g/mol. The maximum absolute atomic E-state index is 4.99. The summed E-state index contributed by atoms with van der Waals surface area (Å²) in [6.07, 6.45) is 3.50. The zero-order chi connectivity index (χ0) is 12.1. The van der Waals surface area contributed by atoms with Gasteiger partial charge in [0.15, 0.2) is 0 Å². The Morgan fingerprint density at radius 1 is 1.24 bits per heavy atom. The van der Waals surface area contributed by atoms with Gasteiger partial charge in [-0.3, -0.25) is 0 Å². The van der Waals surface area contributed by atoms with Crippen LogP contribution in [0.5, 0.6) is 5.88 Å². The van der Waals surface area contributed by atoms with Crippen molar-refractivity contribution >= 4 is 5.95 Å². The van der Waals surface area contributed by atoms with Gasteiger partial charge in [-0.15, -0.1) is 0 Å². The number of pyridine rings is 1. The molecule has 0 radical (unpaired) electrons. The molecule has 2 aromatic rings. The van der Waals surface area contributed by atoms with E-state index in [0.29, 0.717) is 18.4 Å². The first-order chi connectivity index (χ1) is 8.28. The molecule has 0 aliphatic heterocycles. The van der Waals surface area contributed by atoms with E-state index in [1.54, 1.807) is 19.5 Å². The third kappa shape index (κ3) is 3.14. The van der Waals surface area contributed by atoms with Crippen molar-refractivity contribution in [2.75, 3.05) is 12.4 Å². The normalized spacial score (nSPS) is 10.0. The molecule has 0 aliphatic rings. The second kappa shape index (κ2) is 5.25. The Kier molecular flexibility index (Phi) is 3.49. The Morgan fingerprint density at radius 2 is 2.12 bits per heavy atom. The minimum atomic E-state index is 0.612. The number of ether oxygens (including phenoxy) is 1. The van der Waals surface area contributed by atoms with Crippen molar-refractivity contribution in [3.63, 3.8) is 0 Å². The highest BCUT2D eigenvalue weighted by atomic mass is 16.5. The van der Waals surface area contributed by atoms with Gasteiger partial charge in [0.1, 0.15) is 0 Å². The molecular weight excluding hydrogens is 216 g/mol. The molecule has 88 valence electrons. The van der Waals surface area contributed by atoms with Crippen LogP contribution >= 0.6 is 0 Å². The number of nitrogens with zero attached hydrogens (tertiary/aromatic N) is 3. The van der Waals surface area contributed by atoms with Crippen LogP contribution in [0.25, 0.3) is 0 Å². The van der Waals surface area contributed by atoms with Gasteiger partial charge in [-0.05, 0) is 18.6 Å². The Labute approximate surface area is 99.9 Å². The number of nitrogens with one attached hydrogen (secondary N) is 1. The molecule has 0 saturated carbocycles. The Hall–Kier alpha value is -2.17. The van der Waals surface area contributed by atoms with Gasteiger partial charge in [0.2, 0.25) is 11.8 Å². The predicted octanol–water partition coefficient (Wildman–Crippen LogP) is 1.80. The molecule has 2 heterocycles. The van der Waals surface area contributed by atoms with Crippen molar-refractivity contribution in [1.29, 1.82) is 0 Å². The van der Waals surface area contributed by atoms with Gasteiger partial charge < -0.3 is 10.1 Å². The first kappa shape index (κ1) is 11.3. The lowest BCUT2D eigenvalue weighted by atomic mass is 10.3. The molecule has 0 spiro atoms. The lowest BCUT2D eigenvalue weighted by molar-refractivity contribution is 0.397. The molecule has 1 N–H and O–H groups in total. The zero-order valence-electron chi connectivity index (χ0n) is 9.84. The summed E-state index contributed by atoms with van der Waals surface area (Å²) >= 11 is 0. The molecule has 5 nitrogen and oxygen atoms in total. The highest BCUT2D eigenvalue weighted by Gasteiger charge is 1.98. The smallest absolute Gasteiger partial charge is 0.223 e. The third-order valence-corrected chi connectivity index (χ3v) is 2.25. The zero-order valence-corrected chi connectivity index (χ0v) is 9.84. The summed E-state index contributed by atoms with van der Waals surface area (Å²) in [5, 5.41) is 3.14. The molecule has 0 fully saturated rings. The van der Waals surface area contributed by atoms with E-state index in [9.17, 15) is 0 Å². The molecule has 5 heteroatoms. The molecule has 17 heavy (non-hydrogen) atoms. The first-order valence-corrected chi connectivity index (χ1v) is 5.30. The van der Waals surface area contributed by atoms with Gasteiger partial charge in [-0.2, -0.15) is 0 Å². The van der Waals surface area contributed by atoms with Crippen LogP contribution in [-0.4, -0.2) is 22.1 Å². The molecule has 0 aliphatic carbocycles. The predicted molar refractivity (Wildman–Crippen MR) is 64.9 cm³/mol. The Balaban J connectivity index is 1.97. The van der Waals surface area contributed by atoms with Crippen LogP contribution in [0.3, 0.4) is 0 Å². The Morgan fingerprint density at radius 3 is 2.76 bits per heavy atom. The van der Waals surface area contributed by atoms with E-state index in [-0.39, 0.29) is 0 Å². The molecule has 0 bridgehead atoms. The number of anilines is 1. The average Bonchev–Trinajstić information content (AvgIpc) is 2.37. The molecule has 0 aromatic carbocycles. The summed E-state index contributed by atoms with van der Waals surface area (Å²) in [5.41, 5.74) is 1.99. The largest absolute Gasteiger partial charge is 0.481 e. The Bertz CT molecular complexity index is 484. The van der Waals surface area contributed by atoms with E-state index >= 15 is 0 Å². The number of methoxy groups -OCH3 is 1. The molecule has 2 aromatic heterocycles. The van der Waals surface area contributed by atoms with Crippen LogP contribution < -0.4 is 10.1 Å². The molecule has 0 amide bonds. The van der Waals surface area contributed by atoms with Gasteiger partial charge >= 0.3 is 0 Å². The molecule has 0 unspecified atom stereocenters. The number of rotatable bonds is 4. The maximum Gasteiger partial charge on any atom is 0.223 e. The number of hydrogen-bond acceptors (Lipinski definition) is 5. The number of aryl methyl sites for hydroxylation is 1. The summed E-state index contributed by atoms with van der Waals surface area (Å²) in [4.78, 5) is 12.5. The summed E-state index contributed by atoms with van der Waals surface area (Å²) in [6.45, 7) is 2.57. The van der Waals surface area contributed by atoms with Crippen molar-refractivity contribution in [1.82, 2.24) is 15.0 Å². The highest BCUT2D eigenvalue weighted by molar-refractivity contribution is 5.28. The molecule has 0 atom stereocenters. The summed E-state index contributed by atoms with van der Waals surface area (Å²) in [7, 11) is 1.60. The van der Waals surface area contributed by atoms with Crippen LogP contribution in [-0.2, 0) is 6.54 Å². The van der Waals surface area contributed by atoms with Crippen molar-refractivity contribution in [2.45, 2.75) is 13.5 Å². The van der Waals surface area contributed by atoms with Gasteiger partial charge in [0.05, 0.1) is 7.11 Å². The second-order valence-corrected chi connectivity index (χ2v) is 3.58. The lowest BCUT2D eigenvalue weighted by Gasteiger charge is -2.05. The second-order valence-electron chi connectivity index (χ2n) is 3.58. The van der Waals surface area contributed by atoms with E-state index in [1.807, 2.05) is 25.1 Å². The fourth-order valence-electron chi connectivity index (χ4n) is 1.35. The van der Waals surface area contributed by atoms with Crippen molar-refractivity contribution in [3.05, 3.63) is 41.9 Å². The third-order valence-electron chi connectivity index (χ3n) is 2.25. The fourth-order valence-corrected chi connectivity index (χ4v) is 1.35. The topological polar surface area (TPSA) is 59.9 Å². The maximum atomic E-state index is 4.99. The van der Waals surface area contributed by atoms with Gasteiger partial charge in [-0.1, -0.05) is 6.07 Å². The van der Waals surface area contributed by atoms with Crippen molar-refractivity contribution < 1.29 is 4.74 Å². The summed E-state index contributed by atoms with van der Waals surface area (Å²) < 4.78 is 4.99. The van der Waals surface area contributed by atoms with Crippen LogP contribution in [0.4, 0.5) is 5.95 Å². The summed E-state index contributed by atoms with van der Waals surface area (Å²) in [5.74, 6) is 1.24. The van der Waals surface area contributed by atoms with E-state index in [0.717, 1.165) is 11.3 Å². The van der Waals surface area contributed by atoms with E-state index < -0.39 is 0 Å². The van der Waals surface area contributed by atoms with Gasteiger partial charge in [0, 0.05) is 30.7 Å². The van der Waals surface area contributed by atoms with Crippen molar-refractivity contribution in [3.8, 4) is 5.88 Å². The van der Waals surface area contributed by atoms with Gasteiger partial charge in [0.25, 0.3) is 0 Å². The van der Waals surface area contributed by atoms with Crippen LogP contribution in [0.1, 0.15) is 11.3 Å². The van der Waals surface area contributed by atoms with E-state index in [2.05, 4.69) is 20.3 Å². The molecule has 0 saturated heterocycles. The molecular formula is C12H14N4O. The van der Waals surface area contributed by atoms with Crippen LogP contribution in [0.15, 0.2) is 30.6 Å². The fraction of sp³-hybridized carbons (Fsp3) is 0.250. The number of hydrogen-bond donors (Lipinski definition) is 1. The van der Waals surface area contributed by atoms with Gasteiger partial charge in [-0.25, -0.2) is 15.0 Å². The quantitative estimate of drug-likeness (QED) is 0.867. The SMILES string of the molecule is COc1ccc(CNc2nccc(C)n2)cn1. The monoisotopic (exact) mass is 230 g/mol. The highest BCUT2D eigenvalue weighted by Crippen LogP contribution is 2.08. The minimum Gasteiger partial charge on any atom is -0.481 e. The van der Waals surface area contributed by atoms with E-state index in [4.69, 9.17) is 4.74 Å². The van der Waals surface area contributed by atoms with E-state index in [1.165, 1.54) is 0 Å². The van der Waals surface area contributed by atoms with Crippen LogP contribution in [0, 0.1) is 6.92 Å². The standard InChI is InChI=1S/C12H14N4O/c1-9-5-6-13-12(16-9)15-8-10-3-4-11(17-2)14-7-10/h3-7H,8H2,1-2H3,(H,13,15,16). The number of aromatic nitrogens is 3. The lowest BCUT2D eigenvalue weighted by Crippen LogP contribution is -2.04. The molecule has 2 rings (SSSR count). The summed E-state index contributed by atoms with van der Waals surface area (Å²) in [6, 6.07) is 5.64. The van der Waals surface area contributed by atoms with Crippen LogP contribution in [0.2, 0.25) is 0 Å².